The first-order valence-corrected chi connectivity index (χ1v) is 7.43. The van der Waals surface area contributed by atoms with Gasteiger partial charge in [0.25, 0.3) is 0 Å². The minimum absolute atomic E-state index is 0.232. The highest BCUT2D eigenvalue weighted by Gasteiger charge is 2.13. The molecule has 18 heavy (non-hydrogen) atoms. The van der Waals surface area contributed by atoms with Gasteiger partial charge in [0.2, 0.25) is 0 Å². The summed E-state index contributed by atoms with van der Waals surface area (Å²) in [5.41, 5.74) is 0.232. The third-order valence-electron chi connectivity index (χ3n) is 3.16. The van der Waals surface area contributed by atoms with E-state index in [1.807, 2.05) is 0 Å². The number of hydrogen-bond donors (Lipinski definition) is 1. The lowest BCUT2D eigenvalue weighted by Crippen LogP contribution is -2.24. The second-order valence-electron chi connectivity index (χ2n) is 4.43. The van der Waals surface area contributed by atoms with E-state index in [4.69, 9.17) is 5.11 Å². The average molecular weight is 267 g/mol. The van der Waals surface area contributed by atoms with Crippen LogP contribution in [0.25, 0.3) is 0 Å². The van der Waals surface area contributed by atoms with Crippen LogP contribution in [0.2, 0.25) is 0 Å². The van der Waals surface area contributed by atoms with Crippen LogP contribution in [0.3, 0.4) is 0 Å². The number of carboxylic acids is 1. The Morgan fingerprint density at radius 3 is 2.39 bits per heavy atom. The van der Waals surface area contributed by atoms with Crippen LogP contribution < -0.4 is 0 Å². The van der Waals surface area contributed by atoms with E-state index >= 15 is 0 Å². The summed E-state index contributed by atoms with van der Waals surface area (Å²) in [4.78, 5) is 13.7. The van der Waals surface area contributed by atoms with Crippen molar-refractivity contribution in [2.45, 2.75) is 17.7 Å². The number of nitrogens with zero attached hydrogens (tertiary/aromatic N) is 1. The van der Waals surface area contributed by atoms with Crippen molar-refractivity contribution < 1.29 is 14.1 Å². The summed E-state index contributed by atoms with van der Waals surface area (Å²) in [5, 5.41) is 8.78. The highest BCUT2D eigenvalue weighted by atomic mass is 32.2. The molecule has 1 atom stereocenters. The van der Waals surface area contributed by atoms with Crippen molar-refractivity contribution in [3.63, 3.8) is 0 Å². The van der Waals surface area contributed by atoms with Gasteiger partial charge in [-0.3, -0.25) is 4.21 Å². The molecule has 0 amide bonds. The van der Waals surface area contributed by atoms with Crippen molar-refractivity contribution in [3.8, 4) is 0 Å². The standard InChI is InChI=1S/C13H17NO3S/c15-13(16)11-3-5-12(6-4-11)18(17)10-9-14-7-1-2-8-14/h3-6H,1-2,7-10H2,(H,15,16). The minimum atomic E-state index is -1.04. The molecule has 5 heteroatoms. The maximum Gasteiger partial charge on any atom is 0.335 e. The molecule has 1 N–H and O–H groups in total. The molecular weight excluding hydrogens is 250 g/mol. The fourth-order valence-corrected chi connectivity index (χ4v) is 3.18. The van der Waals surface area contributed by atoms with Crippen LogP contribution in [-0.4, -0.2) is 45.6 Å². The predicted octanol–water partition coefficient (Wildman–Crippen LogP) is 1.59. The zero-order valence-corrected chi connectivity index (χ0v) is 11.0. The van der Waals surface area contributed by atoms with Gasteiger partial charge in [0, 0.05) is 17.2 Å². The van der Waals surface area contributed by atoms with E-state index in [2.05, 4.69) is 4.90 Å². The first-order valence-electron chi connectivity index (χ1n) is 6.11. The molecule has 2 rings (SSSR count). The molecule has 0 spiro atoms. The van der Waals surface area contributed by atoms with Crippen molar-refractivity contribution >= 4 is 16.8 Å². The molecule has 4 nitrogen and oxygen atoms in total. The summed E-state index contributed by atoms with van der Waals surface area (Å²) in [6, 6.07) is 6.30. The van der Waals surface area contributed by atoms with Gasteiger partial charge in [-0.15, -0.1) is 0 Å². The third-order valence-corrected chi connectivity index (χ3v) is 4.51. The van der Waals surface area contributed by atoms with Crippen LogP contribution in [0.1, 0.15) is 23.2 Å². The summed E-state index contributed by atoms with van der Waals surface area (Å²) >= 11 is 0. The molecule has 0 saturated carbocycles. The Hall–Kier alpha value is -1.20. The number of benzene rings is 1. The lowest BCUT2D eigenvalue weighted by Gasteiger charge is -2.13. The van der Waals surface area contributed by atoms with Gasteiger partial charge < -0.3 is 10.0 Å². The number of rotatable bonds is 5. The van der Waals surface area contributed by atoms with Crippen molar-refractivity contribution in [1.29, 1.82) is 0 Å². The van der Waals surface area contributed by atoms with E-state index in [9.17, 15) is 9.00 Å². The lowest BCUT2D eigenvalue weighted by molar-refractivity contribution is 0.0697. The van der Waals surface area contributed by atoms with Gasteiger partial charge in [0.1, 0.15) is 0 Å². The molecular formula is C13H17NO3S. The van der Waals surface area contributed by atoms with Crippen LogP contribution in [0.4, 0.5) is 0 Å². The predicted molar refractivity (Wildman–Crippen MR) is 70.4 cm³/mol. The van der Waals surface area contributed by atoms with E-state index in [1.165, 1.54) is 25.0 Å². The van der Waals surface area contributed by atoms with Gasteiger partial charge in [0.05, 0.1) is 16.4 Å². The number of likely N-dealkylation sites (tertiary alicyclic amines) is 1. The van der Waals surface area contributed by atoms with Gasteiger partial charge in [-0.2, -0.15) is 0 Å². The van der Waals surface area contributed by atoms with E-state index in [1.54, 1.807) is 12.1 Å². The molecule has 98 valence electrons. The first-order chi connectivity index (χ1) is 8.66. The summed E-state index contributed by atoms with van der Waals surface area (Å²) in [6.07, 6.45) is 2.47. The Bertz CT molecular complexity index is 438. The molecule has 1 aromatic rings. The second kappa shape index (κ2) is 6.11. The van der Waals surface area contributed by atoms with Crippen molar-refractivity contribution in [2.24, 2.45) is 0 Å². The molecule has 1 fully saturated rings. The fraction of sp³-hybridized carbons (Fsp3) is 0.462. The summed E-state index contributed by atoms with van der Waals surface area (Å²) < 4.78 is 12.0. The molecule has 1 unspecified atom stereocenters. The van der Waals surface area contributed by atoms with Gasteiger partial charge in [-0.1, -0.05) is 0 Å². The Balaban J connectivity index is 1.89. The van der Waals surface area contributed by atoms with Crippen molar-refractivity contribution in [3.05, 3.63) is 29.8 Å². The molecule has 0 aliphatic carbocycles. The van der Waals surface area contributed by atoms with Crippen LogP contribution in [0, 0.1) is 0 Å². The minimum Gasteiger partial charge on any atom is -0.478 e. The SMILES string of the molecule is O=C(O)c1ccc(S(=O)CCN2CCCC2)cc1. The topological polar surface area (TPSA) is 57.6 Å². The molecule has 1 aromatic carbocycles. The highest BCUT2D eigenvalue weighted by molar-refractivity contribution is 7.85. The monoisotopic (exact) mass is 267 g/mol. The zero-order valence-electron chi connectivity index (χ0n) is 10.2. The quantitative estimate of drug-likeness (QED) is 0.880. The Morgan fingerprint density at radius 2 is 1.83 bits per heavy atom. The van der Waals surface area contributed by atoms with Gasteiger partial charge in [0.15, 0.2) is 0 Å². The Labute approximate surface area is 109 Å². The molecule has 0 bridgehead atoms. The molecule has 1 aliphatic heterocycles. The Morgan fingerprint density at radius 1 is 1.22 bits per heavy atom. The van der Waals surface area contributed by atoms with E-state index in [0.29, 0.717) is 10.6 Å². The zero-order chi connectivity index (χ0) is 13.0. The van der Waals surface area contributed by atoms with Crippen LogP contribution >= 0.6 is 0 Å². The van der Waals surface area contributed by atoms with Crippen molar-refractivity contribution in [1.82, 2.24) is 4.90 Å². The largest absolute Gasteiger partial charge is 0.478 e. The Kier molecular flexibility index (Phi) is 4.49. The molecule has 0 radical (unpaired) electrons. The summed E-state index contributed by atoms with van der Waals surface area (Å²) in [7, 11) is -1.04. The van der Waals surface area contributed by atoms with Gasteiger partial charge >= 0.3 is 5.97 Å². The van der Waals surface area contributed by atoms with Gasteiger partial charge in [-0.05, 0) is 50.2 Å². The number of hydrogen-bond acceptors (Lipinski definition) is 3. The maximum absolute atomic E-state index is 12.0. The molecule has 1 heterocycles. The number of aromatic carboxylic acids is 1. The van der Waals surface area contributed by atoms with Crippen LogP contribution in [0.5, 0.6) is 0 Å². The van der Waals surface area contributed by atoms with E-state index in [-0.39, 0.29) is 5.56 Å². The van der Waals surface area contributed by atoms with Crippen molar-refractivity contribution in [2.75, 3.05) is 25.4 Å². The number of carboxylic acid groups (broad SMARTS) is 1. The molecule has 0 aromatic heterocycles. The maximum atomic E-state index is 12.0. The van der Waals surface area contributed by atoms with Gasteiger partial charge in [-0.25, -0.2) is 4.79 Å². The second-order valence-corrected chi connectivity index (χ2v) is 6.00. The van der Waals surface area contributed by atoms with E-state index in [0.717, 1.165) is 19.6 Å². The number of carbonyl (C=O) groups is 1. The summed E-state index contributed by atoms with van der Waals surface area (Å²) in [6.45, 7) is 3.07. The summed E-state index contributed by atoms with van der Waals surface area (Å²) in [5.74, 6) is -0.337. The molecule has 1 aliphatic rings. The third kappa shape index (κ3) is 3.40. The van der Waals surface area contributed by atoms with Crippen LogP contribution in [-0.2, 0) is 10.8 Å². The normalized spacial score (nSPS) is 17.8. The first kappa shape index (κ1) is 13.2. The van der Waals surface area contributed by atoms with Crippen LogP contribution in [0.15, 0.2) is 29.2 Å². The fourth-order valence-electron chi connectivity index (χ4n) is 2.09. The van der Waals surface area contributed by atoms with E-state index < -0.39 is 16.8 Å². The highest BCUT2D eigenvalue weighted by Crippen LogP contribution is 2.11. The smallest absolute Gasteiger partial charge is 0.335 e. The average Bonchev–Trinajstić information content (AvgIpc) is 2.89. The molecule has 1 saturated heterocycles. The lowest BCUT2D eigenvalue weighted by atomic mass is 10.2.